The van der Waals surface area contributed by atoms with E-state index in [9.17, 15) is 9.18 Å². The Labute approximate surface area is 206 Å². The van der Waals surface area contributed by atoms with Gasteiger partial charge in [-0.2, -0.15) is 0 Å². The molecule has 2 aromatic rings. The monoisotopic (exact) mass is 475 g/mol. The van der Waals surface area contributed by atoms with Crippen LogP contribution in [0.25, 0.3) is 0 Å². The first-order chi connectivity index (χ1) is 16.8. The van der Waals surface area contributed by atoms with Crippen LogP contribution in [0.15, 0.2) is 59.6 Å². The molecular weight excluding hydrogens is 441 g/mol. The van der Waals surface area contributed by atoms with Crippen LogP contribution in [-0.2, 0) is 0 Å². The molecule has 0 saturated heterocycles. The second kappa shape index (κ2) is 10.5. The summed E-state index contributed by atoms with van der Waals surface area (Å²) >= 11 is 0. The molecule has 1 aromatic heterocycles. The number of carbonyl (C=O) groups is 1. The predicted octanol–water partition coefficient (Wildman–Crippen LogP) is 5.97. The third-order valence-corrected chi connectivity index (χ3v) is 7.47. The molecule has 0 spiro atoms. The van der Waals surface area contributed by atoms with E-state index in [1.807, 2.05) is 6.92 Å². The molecule has 1 amide bonds. The zero-order chi connectivity index (χ0) is 25.0. The first kappa shape index (κ1) is 24.8. The van der Waals surface area contributed by atoms with Crippen molar-refractivity contribution in [1.29, 1.82) is 5.41 Å². The number of aryl methyl sites for hydroxylation is 1. The molecule has 6 nitrogen and oxygen atoms in total. The van der Waals surface area contributed by atoms with Crippen LogP contribution in [0.1, 0.15) is 68.6 Å². The summed E-state index contributed by atoms with van der Waals surface area (Å²) in [6.45, 7) is 6.28. The summed E-state index contributed by atoms with van der Waals surface area (Å²) in [5, 5.41) is 14.6. The topological polar surface area (TPSA) is 90.8 Å². The number of rotatable bonds is 9. The Kier molecular flexibility index (Phi) is 7.43. The van der Waals surface area contributed by atoms with E-state index in [1.54, 1.807) is 18.3 Å². The lowest BCUT2D eigenvalue weighted by Gasteiger charge is -2.38. The van der Waals surface area contributed by atoms with Gasteiger partial charge < -0.3 is 16.0 Å². The Bertz CT molecular complexity index is 1140. The van der Waals surface area contributed by atoms with Crippen molar-refractivity contribution >= 4 is 17.8 Å². The Morgan fingerprint density at radius 3 is 2.71 bits per heavy atom. The van der Waals surface area contributed by atoms with Crippen LogP contribution < -0.4 is 10.6 Å². The third kappa shape index (κ3) is 5.50. The minimum Gasteiger partial charge on any atom is -0.355 e. The molecule has 7 heteroatoms. The zero-order valence-corrected chi connectivity index (χ0v) is 20.7. The van der Waals surface area contributed by atoms with Crippen molar-refractivity contribution in [2.24, 2.45) is 11.3 Å². The fraction of sp³-hybridized carbons (Fsp3) is 0.429. The van der Waals surface area contributed by atoms with Crippen LogP contribution in [0.3, 0.4) is 0 Å². The molecule has 3 N–H and O–H groups in total. The number of carbonyl (C=O) groups excluding carboxylic acids is 1. The second-order valence-electron chi connectivity index (χ2n) is 9.95. The number of hydrogen-bond donors (Lipinski definition) is 3. The van der Waals surface area contributed by atoms with Gasteiger partial charge in [0.25, 0.3) is 5.91 Å². The molecule has 3 atom stereocenters. The Morgan fingerprint density at radius 1 is 1.29 bits per heavy atom. The lowest BCUT2D eigenvalue weighted by atomic mass is 9.68. The largest absolute Gasteiger partial charge is 0.355 e. The number of allylic oxidation sites excluding steroid dienone is 3. The summed E-state index contributed by atoms with van der Waals surface area (Å²) in [5.74, 6) is -0.0467. The summed E-state index contributed by atoms with van der Waals surface area (Å²) in [6.07, 6.45) is 12.4. The zero-order valence-electron chi connectivity index (χ0n) is 20.7. The first-order valence-electron chi connectivity index (χ1n) is 12.4. The summed E-state index contributed by atoms with van der Waals surface area (Å²) in [7, 11) is 0. The average molecular weight is 476 g/mol. The molecule has 0 bridgehead atoms. The second-order valence-corrected chi connectivity index (χ2v) is 9.95. The van der Waals surface area contributed by atoms with Crippen molar-refractivity contribution in [3.63, 3.8) is 0 Å². The molecular formula is C28H34FN5O. The first-order valence-corrected chi connectivity index (χ1v) is 12.4. The summed E-state index contributed by atoms with van der Waals surface area (Å²) < 4.78 is 13.3. The molecule has 184 valence electrons. The van der Waals surface area contributed by atoms with E-state index in [0.29, 0.717) is 11.6 Å². The summed E-state index contributed by atoms with van der Waals surface area (Å²) in [5.41, 5.74) is 5.11. The normalized spacial score (nSPS) is 22.3. The van der Waals surface area contributed by atoms with Crippen molar-refractivity contribution in [2.45, 2.75) is 65.3 Å². The smallest absolute Gasteiger partial charge is 0.271 e. The summed E-state index contributed by atoms with van der Waals surface area (Å²) in [4.78, 5) is 21.2. The fourth-order valence-electron chi connectivity index (χ4n) is 5.47. The number of halogens is 1. The maximum absolute atomic E-state index is 13.3. The van der Waals surface area contributed by atoms with Crippen molar-refractivity contribution in [2.75, 3.05) is 5.32 Å². The number of fused-ring (bicyclic) bond motifs is 1. The minimum absolute atomic E-state index is 0.0543. The number of aromatic nitrogens is 2. The Hall–Kier alpha value is -3.35. The van der Waals surface area contributed by atoms with E-state index >= 15 is 0 Å². The highest BCUT2D eigenvalue weighted by Gasteiger charge is 2.45. The van der Waals surface area contributed by atoms with Crippen LogP contribution in [0.2, 0.25) is 0 Å². The van der Waals surface area contributed by atoms with Gasteiger partial charge in [0.1, 0.15) is 11.5 Å². The van der Waals surface area contributed by atoms with E-state index in [1.165, 1.54) is 30.1 Å². The molecule has 1 heterocycles. The van der Waals surface area contributed by atoms with E-state index in [4.69, 9.17) is 5.41 Å². The van der Waals surface area contributed by atoms with Crippen LogP contribution >= 0.6 is 0 Å². The number of hydrogen-bond acceptors (Lipinski definition) is 5. The third-order valence-electron chi connectivity index (χ3n) is 7.47. The fourth-order valence-corrected chi connectivity index (χ4v) is 5.47. The quantitative estimate of drug-likeness (QED) is 0.390. The van der Waals surface area contributed by atoms with Gasteiger partial charge in [0.05, 0.1) is 11.9 Å². The number of amides is 1. The number of nitrogens with zero attached hydrogens (tertiary/aromatic N) is 2. The van der Waals surface area contributed by atoms with E-state index in [0.717, 1.165) is 61.2 Å². The molecule has 0 aliphatic heterocycles. The van der Waals surface area contributed by atoms with E-state index in [2.05, 4.69) is 40.5 Å². The molecule has 1 aromatic carbocycles. The predicted molar refractivity (Wildman–Crippen MR) is 137 cm³/mol. The average Bonchev–Trinajstić information content (AvgIpc) is 3.15. The SMILES string of the molecule is CCCC(C[C@H]1CCC2=CC(Nc3ccc(F)cc3)=C(C=N)C[C@@]21C)NC(=O)c1cnc(C)cn1. The van der Waals surface area contributed by atoms with Gasteiger partial charge in [-0.3, -0.25) is 9.78 Å². The standard InChI is InChI=1S/C28H34FN5O/c1-4-5-24(34-27(35)26-17-31-18(2)16-32-26)12-20-6-7-21-13-25(19(15-30)14-28(20,21)3)33-23-10-8-22(29)9-11-23/h8-11,13,15-17,20,24,30,33H,4-7,12,14H2,1-3H3,(H,34,35)/t20-,24?,28-/m1/s1. The lowest BCUT2D eigenvalue weighted by Crippen LogP contribution is -2.39. The van der Waals surface area contributed by atoms with Gasteiger partial charge in [-0.25, -0.2) is 9.37 Å². The number of nitrogens with one attached hydrogen (secondary N) is 3. The van der Waals surface area contributed by atoms with Gasteiger partial charge in [-0.05, 0) is 86.3 Å². The van der Waals surface area contributed by atoms with Gasteiger partial charge >= 0.3 is 0 Å². The van der Waals surface area contributed by atoms with E-state index in [-0.39, 0.29) is 23.2 Å². The molecule has 4 rings (SSSR count). The highest BCUT2D eigenvalue weighted by atomic mass is 19.1. The lowest BCUT2D eigenvalue weighted by molar-refractivity contribution is 0.0915. The molecule has 1 unspecified atom stereocenters. The van der Waals surface area contributed by atoms with Crippen LogP contribution in [0.4, 0.5) is 10.1 Å². The van der Waals surface area contributed by atoms with Crippen molar-refractivity contribution in [1.82, 2.24) is 15.3 Å². The van der Waals surface area contributed by atoms with Crippen molar-refractivity contribution < 1.29 is 9.18 Å². The van der Waals surface area contributed by atoms with Crippen LogP contribution in [0.5, 0.6) is 0 Å². The maximum atomic E-state index is 13.3. The summed E-state index contributed by atoms with van der Waals surface area (Å²) in [6, 6.07) is 6.35. The Balaban J connectivity index is 1.48. The Morgan fingerprint density at radius 2 is 2.06 bits per heavy atom. The molecule has 1 fully saturated rings. The molecule has 2 aliphatic rings. The van der Waals surface area contributed by atoms with Crippen LogP contribution in [-0.4, -0.2) is 28.1 Å². The van der Waals surface area contributed by atoms with Gasteiger partial charge in [-0.15, -0.1) is 0 Å². The number of anilines is 1. The van der Waals surface area contributed by atoms with Crippen LogP contribution in [0, 0.1) is 29.5 Å². The minimum atomic E-state index is -0.270. The molecule has 1 saturated carbocycles. The van der Waals surface area contributed by atoms with E-state index < -0.39 is 0 Å². The van der Waals surface area contributed by atoms with Gasteiger partial charge in [-0.1, -0.05) is 25.8 Å². The highest BCUT2D eigenvalue weighted by molar-refractivity contribution is 5.92. The van der Waals surface area contributed by atoms with Gasteiger partial charge in [0.15, 0.2) is 0 Å². The van der Waals surface area contributed by atoms with Gasteiger partial charge in [0.2, 0.25) is 0 Å². The number of benzene rings is 1. The molecule has 35 heavy (non-hydrogen) atoms. The van der Waals surface area contributed by atoms with Crippen molar-refractivity contribution in [3.05, 3.63) is 76.8 Å². The highest BCUT2D eigenvalue weighted by Crippen LogP contribution is 2.55. The molecule has 0 radical (unpaired) electrons. The van der Waals surface area contributed by atoms with Crippen molar-refractivity contribution in [3.8, 4) is 0 Å². The molecule has 2 aliphatic carbocycles. The maximum Gasteiger partial charge on any atom is 0.271 e. The van der Waals surface area contributed by atoms with Gasteiger partial charge in [0, 0.05) is 29.8 Å².